The van der Waals surface area contributed by atoms with Crippen molar-refractivity contribution in [2.75, 3.05) is 6.61 Å². The molecule has 19 heavy (non-hydrogen) atoms. The average molecular weight is 271 g/mol. The zero-order valence-corrected chi connectivity index (χ0v) is 10.0. The number of nitrogens with zero attached hydrogens (tertiary/aromatic N) is 1. The first kappa shape index (κ1) is 13.4. The fourth-order valence-corrected chi connectivity index (χ4v) is 1.78. The number of hydrogen-bond acceptors (Lipinski definition) is 4. The molecule has 0 spiro atoms. The van der Waals surface area contributed by atoms with Crippen molar-refractivity contribution >= 4 is 11.7 Å². The first-order chi connectivity index (χ1) is 8.97. The van der Waals surface area contributed by atoms with Gasteiger partial charge < -0.3 is 14.7 Å². The van der Waals surface area contributed by atoms with Crippen LogP contribution in [0.1, 0.15) is 18.9 Å². The van der Waals surface area contributed by atoms with Gasteiger partial charge in [-0.05, 0) is 19.1 Å². The lowest BCUT2D eigenvalue weighted by atomic mass is 10.0. The van der Waals surface area contributed by atoms with Crippen LogP contribution < -0.4 is 0 Å². The highest BCUT2D eigenvalue weighted by Crippen LogP contribution is 2.29. The topological polar surface area (TPSA) is 68.1 Å². The molecule has 1 heterocycles. The smallest absolute Gasteiger partial charge is 0.380 e. The summed E-state index contributed by atoms with van der Waals surface area (Å²) in [5, 5.41) is 12.7. The maximum Gasteiger partial charge on any atom is 0.380 e. The minimum Gasteiger partial charge on any atom is -0.476 e. The molecule has 2 rings (SSSR count). The van der Waals surface area contributed by atoms with E-state index in [0.29, 0.717) is 6.07 Å². The lowest BCUT2D eigenvalue weighted by Gasteiger charge is -2.20. The van der Waals surface area contributed by atoms with E-state index < -0.39 is 23.4 Å². The van der Waals surface area contributed by atoms with E-state index >= 15 is 0 Å². The van der Waals surface area contributed by atoms with Crippen molar-refractivity contribution in [2.24, 2.45) is 5.16 Å². The van der Waals surface area contributed by atoms with Crippen LogP contribution >= 0.6 is 0 Å². The highest BCUT2D eigenvalue weighted by atomic mass is 19.1. The number of carbonyl (C=O) groups is 1. The lowest BCUT2D eigenvalue weighted by molar-refractivity contribution is -0.232. The fourth-order valence-electron chi connectivity index (χ4n) is 1.78. The Morgan fingerprint density at radius 3 is 2.63 bits per heavy atom. The number of carboxylic acids is 1. The maximum atomic E-state index is 13.1. The van der Waals surface area contributed by atoms with Gasteiger partial charge in [-0.1, -0.05) is 5.16 Å². The zero-order valence-electron chi connectivity index (χ0n) is 10.0. The van der Waals surface area contributed by atoms with Crippen LogP contribution in [0.3, 0.4) is 0 Å². The van der Waals surface area contributed by atoms with E-state index in [1.807, 2.05) is 0 Å². The van der Waals surface area contributed by atoms with E-state index in [4.69, 9.17) is 14.7 Å². The van der Waals surface area contributed by atoms with Gasteiger partial charge in [0.1, 0.15) is 11.6 Å². The van der Waals surface area contributed by atoms with Crippen LogP contribution in [0, 0.1) is 11.6 Å². The van der Waals surface area contributed by atoms with E-state index in [1.165, 1.54) is 0 Å². The molecule has 1 unspecified atom stereocenters. The van der Waals surface area contributed by atoms with Gasteiger partial charge in [0.05, 0.1) is 12.1 Å². The number of halogens is 2. The molecule has 0 radical (unpaired) electrons. The highest BCUT2D eigenvalue weighted by Gasteiger charge is 2.48. The van der Waals surface area contributed by atoms with E-state index in [2.05, 4.69) is 5.16 Å². The molecule has 1 atom stereocenters. The van der Waals surface area contributed by atoms with Crippen LogP contribution in [0.15, 0.2) is 23.4 Å². The van der Waals surface area contributed by atoms with Crippen molar-refractivity contribution in [1.82, 2.24) is 0 Å². The van der Waals surface area contributed by atoms with Gasteiger partial charge in [0.25, 0.3) is 0 Å². The molecular formula is C12H11F2NO4. The molecule has 0 amide bonds. The minimum atomic E-state index is -1.92. The van der Waals surface area contributed by atoms with Gasteiger partial charge in [-0.3, -0.25) is 0 Å². The second kappa shape index (κ2) is 4.93. The van der Waals surface area contributed by atoms with Gasteiger partial charge in [0, 0.05) is 18.2 Å². The van der Waals surface area contributed by atoms with Crippen LogP contribution in [0.4, 0.5) is 8.78 Å². The molecule has 1 aromatic carbocycles. The molecular weight excluding hydrogens is 260 g/mol. The Labute approximate surface area is 107 Å². The monoisotopic (exact) mass is 271 g/mol. The van der Waals surface area contributed by atoms with Crippen LogP contribution in [0.5, 0.6) is 0 Å². The van der Waals surface area contributed by atoms with Gasteiger partial charge in [0.2, 0.25) is 0 Å². The van der Waals surface area contributed by atoms with E-state index in [-0.39, 0.29) is 24.3 Å². The summed E-state index contributed by atoms with van der Waals surface area (Å²) in [5.41, 5.74) is 0.245. The second-order valence-corrected chi connectivity index (χ2v) is 3.96. The molecule has 0 aromatic heterocycles. The number of ether oxygens (including phenoxy) is 1. The third-order valence-corrected chi connectivity index (χ3v) is 2.60. The first-order valence-electron chi connectivity index (χ1n) is 5.56. The number of aliphatic carboxylic acids is 1. The van der Waals surface area contributed by atoms with Crippen LogP contribution in [-0.2, 0) is 14.4 Å². The van der Waals surface area contributed by atoms with Gasteiger partial charge in [0.15, 0.2) is 0 Å². The quantitative estimate of drug-likeness (QED) is 0.908. The Bertz CT molecular complexity index is 526. The first-order valence-corrected chi connectivity index (χ1v) is 5.56. The molecule has 102 valence electrons. The summed E-state index contributed by atoms with van der Waals surface area (Å²) in [4.78, 5) is 16.0. The second-order valence-electron chi connectivity index (χ2n) is 3.96. The summed E-state index contributed by atoms with van der Waals surface area (Å²) < 4.78 is 31.2. The molecule has 0 aliphatic carbocycles. The predicted octanol–water partition coefficient (Wildman–Crippen LogP) is 1.91. The minimum absolute atomic E-state index is 0.104. The molecule has 1 aliphatic rings. The number of hydrogen-bond donors (Lipinski definition) is 1. The lowest BCUT2D eigenvalue weighted by Crippen LogP contribution is -2.41. The van der Waals surface area contributed by atoms with Gasteiger partial charge in [-0.25, -0.2) is 13.6 Å². The summed E-state index contributed by atoms with van der Waals surface area (Å²) in [5.74, 6) is -4.82. The molecule has 0 bridgehead atoms. The summed E-state index contributed by atoms with van der Waals surface area (Å²) in [6.07, 6.45) is -0.223. The van der Waals surface area contributed by atoms with Crippen molar-refractivity contribution in [2.45, 2.75) is 19.1 Å². The third kappa shape index (κ3) is 2.55. The highest BCUT2D eigenvalue weighted by molar-refractivity contribution is 6.04. The van der Waals surface area contributed by atoms with Crippen LogP contribution in [-0.4, -0.2) is 29.2 Å². The molecule has 0 saturated heterocycles. The van der Waals surface area contributed by atoms with Crippen LogP contribution in [0.25, 0.3) is 0 Å². The molecule has 1 N–H and O–H groups in total. The van der Waals surface area contributed by atoms with Gasteiger partial charge in [-0.2, -0.15) is 0 Å². The standard InChI is InChI=1S/C12H11F2NO4/c1-2-18-12(11(16)17)6-10(15-19-12)7-3-8(13)5-9(14)4-7/h3-5H,2,6H2,1H3,(H,16,17). The number of oxime groups is 1. The van der Waals surface area contributed by atoms with E-state index in [1.54, 1.807) is 6.92 Å². The van der Waals surface area contributed by atoms with Crippen molar-refractivity contribution in [1.29, 1.82) is 0 Å². The molecule has 0 saturated carbocycles. The SMILES string of the molecule is CCOC1(C(=O)O)CC(c2cc(F)cc(F)c2)=NO1. The van der Waals surface area contributed by atoms with E-state index in [0.717, 1.165) is 12.1 Å². The van der Waals surface area contributed by atoms with Crippen molar-refractivity contribution < 1.29 is 28.3 Å². The molecule has 0 fully saturated rings. The zero-order chi connectivity index (χ0) is 14.0. The average Bonchev–Trinajstić information content (AvgIpc) is 2.74. The molecule has 1 aliphatic heterocycles. The Balaban J connectivity index is 2.27. The molecule has 7 heteroatoms. The van der Waals surface area contributed by atoms with Crippen LogP contribution in [0.2, 0.25) is 0 Å². The number of benzene rings is 1. The van der Waals surface area contributed by atoms with Crippen molar-refractivity contribution in [3.63, 3.8) is 0 Å². The van der Waals surface area contributed by atoms with E-state index in [9.17, 15) is 13.6 Å². The Morgan fingerprint density at radius 2 is 2.11 bits per heavy atom. The van der Waals surface area contributed by atoms with Gasteiger partial charge in [-0.15, -0.1) is 0 Å². The largest absolute Gasteiger partial charge is 0.476 e. The Hall–Kier alpha value is -2.02. The summed E-state index contributed by atoms with van der Waals surface area (Å²) in [6, 6.07) is 2.82. The maximum absolute atomic E-state index is 13.1. The fraction of sp³-hybridized carbons (Fsp3) is 0.333. The Kier molecular flexibility index (Phi) is 3.48. The summed E-state index contributed by atoms with van der Waals surface area (Å²) in [7, 11) is 0. The van der Waals surface area contributed by atoms with Crippen molar-refractivity contribution in [3.8, 4) is 0 Å². The summed E-state index contributed by atoms with van der Waals surface area (Å²) >= 11 is 0. The summed E-state index contributed by atoms with van der Waals surface area (Å²) in [6.45, 7) is 1.71. The number of rotatable bonds is 4. The molecule has 1 aromatic rings. The molecule has 5 nitrogen and oxygen atoms in total. The van der Waals surface area contributed by atoms with Crippen molar-refractivity contribution in [3.05, 3.63) is 35.4 Å². The third-order valence-electron chi connectivity index (χ3n) is 2.60. The van der Waals surface area contributed by atoms with Gasteiger partial charge >= 0.3 is 11.8 Å². The Morgan fingerprint density at radius 1 is 1.47 bits per heavy atom. The predicted molar refractivity (Wildman–Crippen MR) is 60.6 cm³/mol. The normalized spacial score (nSPS) is 21.9. The number of carboxylic acid groups (broad SMARTS) is 1.